The van der Waals surface area contributed by atoms with Crippen LogP contribution in [0.4, 0.5) is 5.69 Å². The van der Waals surface area contributed by atoms with Crippen LogP contribution in [0.3, 0.4) is 0 Å². The number of hydrogen-bond donors (Lipinski definition) is 0. The zero-order chi connectivity index (χ0) is 21.7. The Balaban J connectivity index is 2.15. The number of Topliss-reactive ketones (excluding diaryl/α,β-unsaturated/α-hetero) is 1. The maximum atomic E-state index is 13.4. The SMILES string of the molecule is COC(=O)c1ccc(C(=Pc2ccccc2)C(=O)c2cc(Cl)ccc2[N+](=O)[O-])cc1. The number of carbonyl (C=O) groups is 2. The number of rotatable bonds is 6. The highest BCUT2D eigenvalue weighted by molar-refractivity contribution is 7.52. The first-order chi connectivity index (χ1) is 14.4. The minimum Gasteiger partial charge on any atom is -0.465 e. The number of nitro benzene ring substituents is 1. The smallest absolute Gasteiger partial charge is 0.337 e. The number of ketones is 1. The third-order valence-electron chi connectivity index (χ3n) is 4.19. The molecule has 0 unspecified atom stereocenters. The summed E-state index contributed by atoms with van der Waals surface area (Å²) in [4.78, 5) is 36.0. The van der Waals surface area contributed by atoms with Crippen molar-refractivity contribution in [3.05, 3.63) is 105 Å². The molecule has 0 aliphatic carbocycles. The largest absolute Gasteiger partial charge is 0.465 e. The van der Waals surface area contributed by atoms with E-state index in [1.165, 1.54) is 25.3 Å². The lowest BCUT2D eigenvalue weighted by Crippen LogP contribution is -2.17. The number of nitrogens with zero attached hydrogens (tertiary/aromatic N) is 1. The minimum atomic E-state index is -0.610. The number of esters is 1. The summed E-state index contributed by atoms with van der Waals surface area (Å²) in [5.74, 6) is -1.01. The van der Waals surface area contributed by atoms with Crippen LogP contribution in [0.5, 0.6) is 0 Å². The molecule has 30 heavy (non-hydrogen) atoms. The highest BCUT2D eigenvalue weighted by Crippen LogP contribution is 2.26. The topological polar surface area (TPSA) is 86.5 Å². The van der Waals surface area contributed by atoms with Gasteiger partial charge in [-0.05, 0) is 29.8 Å². The van der Waals surface area contributed by atoms with Crippen molar-refractivity contribution in [1.82, 2.24) is 0 Å². The van der Waals surface area contributed by atoms with Crippen LogP contribution in [-0.2, 0) is 4.74 Å². The van der Waals surface area contributed by atoms with Gasteiger partial charge >= 0.3 is 5.97 Å². The van der Waals surface area contributed by atoms with Crippen molar-refractivity contribution in [3.63, 3.8) is 0 Å². The van der Waals surface area contributed by atoms with Gasteiger partial charge in [-0.3, -0.25) is 14.9 Å². The standard InChI is InChI=1S/C22H15ClNO5P/c1-29-22(26)15-9-7-14(8-10-15)21(30-17-5-3-2-4-6-17)20(25)18-13-16(23)11-12-19(18)24(27)28/h2-13H,1H3. The highest BCUT2D eigenvalue weighted by atomic mass is 35.5. The minimum absolute atomic E-state index is 0.0945. The van der Waals surface area contributed by atoms with Gasteiger partial charge in [0, 0.05) is 16.4 Å². The van der Waals surface area contributed by atoms with Gasteiger partial charge in [-0.2, -0.15) is 0 Å². The van der Waals surface area contributed by atoms with E-state index >= 15 is 0 Å². The van der Waals surface area contributed by atoms with Crippen molar-refractivity contribution in [1.29, 1.82) is 0 Å². The third-order valence-corrected chi connectivity index (χ3v) is 5.67. The number of nitro groups is 1. The molecule has 0 aromatic heterocycles. The van der Waals surface area contributed by atoms with Crippen molar-refractivity contribution in [2.75, 3.05) is 7.11 Å². The van der Waals surface area contributed by atoms with Crippen LogP contribution in [0.1, 0.15) is 26.3 Å². The first-order valence-corrected chi connectivity index (χ1v) is 9.99. The van der Waals surface area contributed by atoms with Crippen LogP contribution >= 0.6 is 19.8 Å². The summed E-state index contributed by atoms with van der Waals surface area (Å²) >= 11 is 6.01. The van der Waals surface area contributed by atoms with Gasteiger partial charge in [-0.15, -0.1) is 0 Å². The molecule has 0 N–H and O–H groups in total. The van der Waals surface area contributed by atoms with Gasteiger partial charge in [0.2, 0.25) is 5.78 Å². The molecule has 3 aromatic rings. The summed E-state index contributed by atoms with van der Waals surface area (Å²) in [5.41, 5.74) is 0.449. The fraction of sp³-hybridized carbons (Fsp3) is 0.0455. The second-order valence-corrected chi connectivity index (χ2v) is 7.74. The maximum absolute atomic E-state index is 13.4. The Hall–Kier alpha value is -3.34. The second-order valence-electron chi connectivity index (χ2n) is 6.11. The molecule has 0 saturated carbocycles. The molecule has 8 heteroatoms. The quantitative estimate of drug-likeness (QED) is 0.182. The molecular weight excluding hydrogens is 425 g/mol. The Morgan fingerprint density at radius 1 is 0.967 bits per heavy atom. The van der Waals surface area contributed by atoms with Crippen LogP contribution < -0.4 is 5.30 Å². The van der Waals surface area contributed by atoms with E-state index in [0.717, 1.165) is 5.30 Å². The van der Waals surface area contributed by atoms with Gasteiger partial charge in [0.1, 0.15) is 5.56 Å². The van der Waals surface area contributed by atoms with Crippen LogP contribution in [-0.4, -0.2) is 29.1 Å². The highest BCUT2D eigenvalue weighted by Gasteiger charge is 2.25. The van der Waals surface area contributed by atoms with E-state index in [4.69, 9.17) is 16.3 Å². The molecule has 0 heterocycles. The van der Waals surface area contributed by atoms with Crippen LogP contribution in [0, 0.1) is 10.1 Å². The van der Waals surface area contributed by atoms with Gasteiger partial charge in [0.15, 0.2) is 0 Å². The fourth-order valence-corrected chi connectivity index (χ4v) is 3.99. The summed E-state index contributed by atoms with van der Waals surface area (Å²) in [6.45, 7) is 0. The van der Waals surface area contributed by atoms with Gasteiger partial charge in [-0.1, -0.05) is 62.3 Å². The molecule has 3 aromatic carbocycles. The summed E-state index contributed by atoms with van der Waals surface area (Å²) in [7, 11) is 1.84. The molecule has 150 valence electrons. The number of halogens is 1. The van der Waals surface area contributed by atoms with Crippen molar-refractivity contribution < 1.29 is 19.2 Å². The fourth-order valence-electron chi connectivity index (χ4n) is 2.74. The zero-order valence-electron chi connectivity index (χ0n) is 15.7. The summed E-state index contributed by atoms with van der Waals surface area (Å²) in [6.07, 6.45) is 0. The molecule has 0 amide bonds. The molecule has 0 saturated heterocycles. The first-order valence-electron chi connectivity index (χ1n) is 8.72. The number of methoxy groups -OCH3 is 1. The predicted octanol–water partition coefficient (Wildman–Crippen LogP) is 4.71. The van der Waals surface area contributed by atoms with Crippen molar-refractivity contribution >= 4 is 47.8 Å². The van der Waals surface area contributed by atoms with Crippen LogP contribution in [0.15, 0.2) is 72.8 Å². The van der Waals surface area contributed by atoms with E-state index < -0.39 is 16.7 Å². The molecule has 0 aliphatic heterocycles. The average Bonchev–Trinajstić information content (AvgIpc) is 2.77. The molecule has 0 atom stereocenters. The van der Waals surface area contributed by atoms with E-state index in [1.54, 1.807) is 24.3 Å². The van der Waals surface area contributed by atoms with Crippen LogP contribution in [0.2, 0.25) is 5.02 Å². The monoisotopic (exact) mass is 439 g/mol. The molecule has 0 bridgehead atoms. The molecular formula is C22H15ClNO5P. The van der Waals surface area contributed by atoms with Gasteiger partial charge in [-0.25, -0.2) is 4.79 Å². The Bertz CT molecular complexity index is 1140. The van der Waals surface area contributed by atoms with E-state index in [0.29, 0.717) is 24.6 Å². The summed E-state index contributed by atoms with van der Waals surface area (Å²) < 4.78 is 4.70. The average molecular weight is 440 g/mol. The van der Waals surface area contributed by atoms with Crippen molar-refractivity contribution in [3.8, 4) is 0 Å². The Kier molecular flexibility index (Phi) is 6.72. The maximum Gasteiger partial charge on any atom is 0.337 e. The molecule has 0 spiro atoms. The Labute approximate surface area is 179 Å². The van der Waals surface area contributed by atoms with Gasteiger partial charge < -0.3 is 4.74 Å². The zero-order valence-corrected chi connectivity index (χ0v) is 17.4. The van der Waals surface area contributed by atoms with Crippen LogP contribution in [0.25, 0.3) is 0 Å². The molecule has 0 fully saturated rings. The van der Waals surface area contributed by atoms with E-state index in [9.17, 15) is 19.7 Å². The summed E-state index contributed by atoms with van der Waals surface area (Å²) in [6, 6.07) is 19.4. The lowest BCUT2D eigenvalue weighted by molar-refractivity contribution is -0.385. The number of hydrogen-bond acceptors (Lipinski definition) is 5. The van der Waals surface area contributed by atoms with Crippen molar-refractivity contribution in [2.45, 2.75) is 0 Å². The second kappa shape index (κ2) is 9.44. The molecule has 3 rings (SSSR count). The number of carbonyl (C=O) groups excluding carboxylic acids is 2. The predicted molar refractivity (Wildman–Crippen MR) is 117 cm³/mol. The number of ether oxygens (including phenoxy) is 1. The third kappa shape index (κ3) is 4.79. The normalized spacial score (nSPS) is 11.1. The van der Waals surface area contributed by atoms with Gasteiger partial charge in [0.25, 0.3) is 5.69 Å². The van der Waals surface area contributed by atoms with E-state index in [1.807, 2.05) is 30.3 Å². The van der Waals surface area contributed by atoms with E-state index in [-0.39, 0.29) is 16.3 Å². The number of benzene rings is 3. The van der Waals surface area contributed by atoms with Gasteiger partial charge in [0.05, 0.1) is 22.9 Å². The van der Waals surface area contributed by atoms with E-state index in [2.05, 4.69) is 0 Å². The molecule has 0 aliphatic rings. The summed E-state index contributed by atoms with van der Waals surface area (Å²) in [5, 5.41) is 12.8. The lowest BCUT2D eigenvalue weighted by Gasteiger charge is -2.09. The Morgan fingerprint density at radius 2 is 1.60 bits per heavy atom. The lowest BCUT2D eigenvalue weighted by atomic mass is 10.0. The molecule has 6 nitrogen and oxygen atoms in total. The van der Waals surface area contributed by atoms with Crippen molar-refractivity contribution in [2.24, 2.45) is 0 Å². The first kappa shape index (κ1) is 21.4. The molecule has 0 radical (unpaired) electrons. The Morgan fingerprint density at radius 3 is 2.20 bits per heavy atom.